The van der Waals surface area contributed by atoms with E-state index in [-0.39, 0.29) is 5.97 Å². The van der Waals surface area contributed by atoms with Crippen LogP contribution in [0.15, 0.2) is 18.2 Å². The predicted octanol–water partition coefficient (Wildman–Crippen LogP) is 6.25. The van der Waals surface area contributed by atoms with Gasteiger partial charge in [-0.1, -0.05) is 0 Å². The van der Waals surface area contributed by atoms with E-state index in [0.29, 0.717) is 6.61 Å². The molecule has 1 rings (SSSR count). The average Bonchev–Trinajstić information content (AvgIpc) is 2.71. The van der Waals surface area contributed by atoms with Gasteiger partial charge in [0.2, 0.25) is 0 Å². The first-order valence-corrected chi connectivity index (χ1v) is 18.8. The summed E-state index contributed by atoms with van der Waals surface area (Å²) in [5, 5.41) is 0. The maximum absolute atomic E-state index is 11.0. The van der Waals surface area contributed by atoms with E-state index < -0.39 is 18.4 Å². The molecule has 1 aromatic rings. The standard InChI is InChI=1S/C12H15O3.3C4H9.Sn/c1-10(13)15-9-5-7-11-6-3-4-8-12(11)14-2;3*1-3-4-2;/h3,6,8H,5,7,9H2,1-2H3;3*1,3-4H2,2H3;. The fourth-order valence-electron chi connectivity index (χ4n) is 4.11. The average molecular weight is 497 g/mol. The summed E-state index contributed by atoms with van der Waals surface area (Å²) in [6.07, 6.45) is 9.72. The molecule has 0 radical (unpaired) electrons. The van der Waals surface area contributed by atoms with Crippen LogP contribution in [0.3, 0.4) is 0 Å². The van der Waals surface area contributed by atoms with E-state index in [1.807, 2.05) is 0 Å². The van der Waals surface area contributed by atoms with Crippen molar-refractivity contribution in [3.05, 3.63) is 23.8 Å². The van der Waals surface area contributed by atoms with Gasteiger partial charge in [0.25, 0.3) is 0 Å². The molecule has 4 heteroatoms. The number of hydrogen-bond acceptors (Lipinski definition) is 3. The summed E-state index contributed by atoms with van der Waals surface area (Å²) in [6, 6.07) is 7.11. The Labute approximate surface area is 177 Å². The Bertz CT molecular complexity index is 549. The zero-order valence-electron chi connectivity index (χ0n) is 18.9. The van der Waals surface area contributed by atoms with Crippen molar-refractivity contribution < 1.29 is 14.3 Å². The van der Waals surface area contributed by atoms with Gasteiger partial charge in [0.15, 0.2) is 0 Å². The molecule has 0 heterocycles. The van der Waals surface area contributed by atoms with Gasteiger partial charge in [-0.3, -0.25) is 0 Å². The first kappa shape index (κ1) is 25.3. The van der Waals surface area contributed by atoms with E-state index in [1.54, 1.807) is 10.7 Å². The van der Waals surface area contributed by atoms with Gasteiger partial charge in [0.1, 0.15) is 0 Å². The Morgan fingerprint density at radius 3 is 1.96 bits per heavy atom. The van der Waals surface area contributed by atoms with Gasteiger partial charge < -0.3 is 0 Å². The Hall–Kier alpha value is -0.711. The van der Waals surface area contributed by atoms with Crippen LogP contribution in [0.2, 0.25) is 13.3 Å². The van der Waals surface area contributed by atoms with Crippen LogP contribution in [0.5, 0.6) is 5.75 Å². The van der Waals surface area contributed by atoms with Crippen LogP contribution in [-0.4, -0.2) is 38.1 Å². The van der Waals surface area contributed by atoms with Crippen molar-refractivity contribution in [1.82, 2.24) is 0 Å². The Morgan fingerprint density at radius 1 is 0.929 bits per heavy atom. The molecule has 0 unspecified atom stereocenters. The van der Waals surface area contributed by atoms with Crippen LogP contribution in [0.25, 0.3) is 0 Å². The second kappa shape index (κ2) is 14.3. The number of carbonyl (C=O) groups excluding carboxylic acids is 1. The van der Waals surface area contributed by atoms with Crippen LogP contribution in [-0.2, 0) is 16.0 Å². The zero-order valence-corrected chi connectivity index (χ0v) is 21.8. The molecule has 0 aromatic heterocycles. The first-order valence-electron chi connectivity index (χ1n) is 11.3. The van der Waals surface area contributed by atoms with Crippen molar-refractivity contribution in [2.75, 3.05) is 13.7 Å². The number of carbonyl (C=O) groups is 1. The molecular weight excluding hydrogens is 455 g/mol. The summed E-state index contributed by atoms with van der Waals surface area (Å²) >= 11 is -2.42. The number of esters is 1. The molecule has 28 heavy (non-hydrogen) atoms. The van der Waals surface area contributed by atoms with Crippen molar-refractivity contribution in [3.8, 4) is 5.75 Å². The molecule has 1 aromatic carbocycles. The van der Waals surface area contributed by atoms with Crippen molar-refractivity contribution in [1.29, 1.82) is 0 Å². The van der Waals surface area contributed by atoms with E-state index >= 15 is 0 Å². The van der Waals surface area contributed by atoms with Gasteiger partial charge in [-0.25, -0.2) is 0 Å². The van der Waals surface area contributed by atoms with Gasteiger partial charge in [-0.2, -0.15) is 0 Å². The second-order valence-corrected chi connectivity index (χ2v) is 21.3. The van der Waals surface area contributed by atoms with Gasteiger partial charge in [-0.05, 0) is 0 Å². The third-order valence-electron chi connectivity index (χ3n) is 5.82. The normalized spacial score (nSPS) is 11.5. The number of methoxy groups -OCH3 is 1. The Balaban J connectivity index is 3.08. The van der Waals surface area contributed by atoms with Gasteiger partial charge in [-0.15, -0.1) is 0 Å². The molecule has 0 aliphatic heterocycles. The third kappa shape index (κ3) is 8.34. The molecule has 0 saturated heterocycles. The van der Waals surface area contributed by atoms with Gasteiger partial charge in [0.05, 0.1) is 0 Å². The molecule has 0 spiro atoms. The molecule has 0 amide bonds. The Kier molecular flexibility index (Phi) is 12.9. The van der Waals surface area contributed by atoms with E-state index in [0.717, 1.165) is 18.6 Å². The quantitative estimate of drug-likeness (QED) is 0.163. The fraction of sp³-hybridized carbons (Fsp3) is 0.708. The molecule has 0 bridgehead atoms. The number of benzene rings is 1. The summed E-state index contributed by atoms with van der Waals surface area (Å²) in [5.74, 6) is 0.829. The molecule has 0 aliphatic rings. The molecule has 0 atom stereocenters. The number of unbranched alkanes of at least 4 members (excludes halogenated alkanes) is 3. The summed E-state index contributed by atoms with van der Waals surface area (Å²) in [6.45, 7) is 8.91. The van der Waals surface area contributed by atoms with E-state index in [1.165, 1.54) is 64.3 Å². The van der Waals surface area contributed by atoms with E-state index in [2.05, 4.69) is 39.0 Å². The van der Waals surface area contributed by atoms with Crippen molar-refractivity contribution in [3.63, 3.8) is 0 Å². The van der Waals surface area contributed by atoms with Gasteiger partial charge >= 0.3 is 178 Å². The molecular formula is C24H42O3Sn. The van der Waals surface area contributed by atoms with Crippen molar-refractivity contribution >= 4 is 27.9 Å². The minimum absolute atomic E-state index is 0.205. The second-order valence-electron chi connectivity index (χ2n) is 8.06. The van der Waals surface area contributed by atoms with Crippen molar-refractivity contribution in [2.24, 2.45) is 0 Å². The van der Waals surface area contributed by atoms with Crippen LogP contribution in [0.1, 0.15) is 78.2 Å². The molecule has 3 nitrogen and oxygen atoms in total. The Morgan fingerprint density at radius 2 is 1.50 bits per heavy atom. The SMILES string of the molecule is CCC[CH2][Sn]([CH2]CCC)([CH2]CCC)[c]1ccc(CCCOC(C)=O)c(OC)c1. The summed E-state index contributed by atoms with van der Waals surface area (Å²) in [4.78, 5) is 11.0. The summed E-state index contributed by atoms with van der Waals surface area (Å²) in [5.41, 5.74) is 1.24. The molecule has 0 aliphatic carbocycles. The van der Waals surface area contributed by atoms with Crippen LogP contribution in [0, 0.1) is 0 Å². The van der Waals surface area contributed by atoms with Crippen LogP contribution in [0.4, 0.5) is 0 Å². The molecule has 0 saturated carbocycles. The van der Waals surface area contributed by atoms with E-state index in [9.17, 15) is 4.79 Å². The summed E-state index contributed by atoms with van der Waals surface area (Å²) < 4.78 is 17.0. The zero-order chi connectivity index (χ0) is 20.8. The number of rotatable bonds is 15. The predicted molar refractivity (Wildman–Crippen MR) is 122 cm³/mol. The molecule has 0 fully saturated rings. The van der Waals surface area contributed by atoms with Crippen LogP contribution >= 0.6 is 0 Å². The first-order chi connectivity index (χ1) is 13.5. The minimum atomic E-state index is -2.42. The number of aryl methyl sites for hydroxylation is 1. The molecule has 0 N–H and O–H groups in total. The topological polar surface area (TPSA) is 35.5 Å². The van der Waals surface area contributed by atoms with Crippen molar-refractivity contribution in [2.45, 2.75) is 92.4 Å². The monoisotopic (exact) mass is 498 g/mol. The fourth-order valence-corrected chi connectivity index (χ4v) is 20.0. The van der Waals surface area contributed by atoms with Crippen LogP contribution < -0.4 is 8.32 Å². The number of hydrogen-bond donors (Lipinski definition) is 0. The summed E-state index contributed by atoms with van der Waals surface area (Å²) in [7, 11) is 1.79. The number of ether oxygens (including phenoxy) is 2. The van der Waals surface area contributed by atoms with Gasteiger partial charge in [0, 0.05) is 0 Å². The van der Waals surface area contributed by atoms with E-state index in [4.69, 9.17) is 9.47 Å². The third-order valence-corrected chi connectivity index (χ3v) is 21.4. The maximum atomic E-state index is 11.0. The molecule has 160 valence electrons.